The molecule has 4 rings (SSSR count). The van der Waals surface area contributed by atoms with Gasteiger partial charge in [0.05, 0.1) is 10.9 Å². The van der Waals surface area contributed by atoms with Crippen LogP contribution in [0.2, 0.25) is 0 Å². The highest BCUT2D eigenvalue weighted by atomic mass is 16.2. The number of piperazine rings is 1. The molecule has 1 aromatic heterocycles. The number of H-pyrrole nitrogens is 1. The molecule has 1 atom stereocenters. The van der Waals surface area contributed by atoms with E-state index >= 15 is 0 Å². The predicted molar refractivity (Wildman–Crippen MR) is 98.8 cm³/mol. The molecule has 0 bridgehead atoms. The Kier molecular flexibility index (Phi) is 4.40. The van der Waals surface area contributed by atoms with Crippen molar-refractivity contribution in [1.29, 1.82) is 0 Å². The monoisotopic (exact) mass is 355 g/mol. The fraction of sp³-hybridized carbons (Fsp3) is 0.526. The van der Waals surface area contributed by atoms with Crippen LogP contribution < -0.4 is 5.32 Å². The number of fused-ring (bicyclic) bond motifs is 1. The van der Waals surface area contributed by atoms with Gasteiger partial charge in [-0.15, -0.1) is 0 Å². The Morgan fingerprint density at radius 1 is 1.12 bits per heavy atom. The number of amides is 2. The van der Waals surface area contributed by atoms with Gasteiger partial charge in [-0.05, 0) is 32.4 Å². The summed E-state index contributed by atoms with van der Waals surface area (Å²) in [5.41, 5.74) is 1.01. The summed E-state index contributed by atoms with van der Waals surface area (Å²) in [5.74, 6) is 0.141. The average Bonchev–Trinajstić information content (AvgIpc) is 3.12. The second-order valence-electron chi connectivity index (χ2n) is 7.54. The number of para-hydroxylation sites is 1. The zero-order valence-corrected chi connectivity index (χ0v) is 15.1. The first-order valence-corrected chi connectivity index (χ1v) is 9.31. The normalized spacial score (nSPS) is 24.0. The summed E-state index contributed by atoms with van der Waals surface area (Å²) in [4.78, 5) is 29.5. The van der Waals surface area contributed by atoms with Gasteiger partial charge < -0.3 is 15.1 Å². The van der Waals surface area contributed by atoms with Crippen molar-refractivity contribution in [1.82, 2.24) is 25.3 Å². The minimum atomic E-state index is -0.317. The van der Waals surface area contributed by atoms with Crippen molar-refractivity contribution in [3.8, 4) is 0 Å². The van der Waals surface area contributed by atoms with E-state index in [0.29, 0.717) is 31.9 Å². The van der Waals surface area contributed by atoms with Crippen LogP contribution in [0.5, 0.6) is 0 Å². The van der Waals surface area contributed by atoms with Gasteiger partial charge in [0.25, 0.3) is 5.91 Å². The van der Waals surface area contributed by atoms with Crippen molar-refractivity contribution in [3.05, 3.63) is 30.0 Å². The van der Waals surface area contributed by atoms with Gasteiger partial charge in [0.2, 0.25) is 5.91 Å². The summed E-state index contributed by atoms with van der Waals surface area (Å²) < 4.78 is 0. The lowest BCUT2D eigenvalue weighted by molar-refractivity contribution is -0.143. The van der Waals surface area contributed by atoms with E-state index in [1.807, 2.05) is 29.2 Å². The molecule has 2 aliphatic heterocycles. The molecule has 0 aliphatic carbocycles. The molecule has 7 heteroatoms. The van der Waals surface area contributed by atoms with Crippen molar-refractivity contribution in [2.24, 2.45) is 5.41 Å². The molecule has 2 saturated heterocycles. The molecule has 0 saturated carbocycles. The third kappa shape index (κ3) is 2.96. The number of nitrogens with one attached hydrogen (secondary N) is 2. The van der Waals surface area contributed by atoms with E-state index in [2.05, 4.69) is 22.4 Å². The van der Waals surface area contributed by atoms with Crippen LogP contribution in [0.25, 0.3) is 10.9 Å². The molecule has 2 aromatic rings. The smallest absolute Gasteiger partial charge is 0.275 e. The highest BCUT2D eigenvalue weighted by molar-refractivity contribution is 6.04. The Morgan fingerprint density at radius 2 is 1.85 bits per heavy atom. The van der Waals surface area contributed by atoms with E-state index in [-0.39, 0.29) is 17.2 Å². The Balaban J connectivity index is 1.42. The van der Waals surface area contributed by atoms with Crippen molar-refractivity contribution in [3.63, 3.8) is 0 Å². The van der Waals surface area contributed by atoms with Crippen LogP contribution in [0.3, 0.4) is 0 Å². The molecular formula is C19H25N5O2. The molecule has 3 heterocycles. The lowest BCUT2D eigenvalue weighted by Crippen LogP contribution is -2.56. The van der Waals surface area contributed by atoms with Crippen molar-refractivity contribution in [2.75, 3.05) is 39.3 Å². The predicted octanol–water partition coefficient (Wildman–Crippen LogP) is 1.24. The van der Waals surface area contributed by atoms with Gasteiger partial charge in [-0.1, -0.05) is 18.2 Å². The number of aromatic nitrogens is 2. The van der Waals surface area contributed by atoms with Crippen LogP contribution in [0.15, 0.2) is 24.3 Å². The van der Waals surface area contributed by atoms with Crippen LogP contribution in [0.1, 0.15) is 30.3 Å². The molecular weight excluding hydrogens is 330 g/mol. The van der Waals surface area contributed by atoms with E-state index in [9.17, 15) is 9.59 Å². The summed E-state index contributed by atoms with van der Waals surface area (Å²) in [6.45, 7) is 6.05. The Labute approximate surface area is 152 Å². The summed E-state index contributed by atoms with van der Waals surface area (Å²) >= 11 is 0. The van der Waals surface area contributed by atoms with Crippen LogP contribution in [-0.2, 0) is 4.79 Å². The number of piperidine rings is 1. The first kappa shape index (κ1) is 17.0. The topological polar surface area (TPSA) is 81.3 Å². The fourth-order valence-corrected chi connectivity index (χ4v) is 4.01. The van der Waals surface area contributed by atoms with Gasteiger partial charge in [0, 0.05) is 38.1 Å². The molecule has 0 spiro atoms. The Bertz CT molecular complexity index is 816. The Hall–Kier alpha value is -2.41. The van der Waals surface area contributed by atoms with E-state index in [1.54, 1.807) is 4.90 Å². The zero-order chi connectivity index (χ0) is 18.1. The summed E-state index contributed by atoms with van der Waals surface area (Å²) in [7, 11) is 0. The maximum atomic E-state index is 12.9. The molecule has 2 fully saturated rings. The van der Waals surface area contributed by atoms with Crippen LogP contribution in [0.4, 0.5) is 0 Å². The summed E-state index contributed by atoms with van der Waals surface area (Å²) in [5, 5.41) is 11.3. The molecule has 7 nitrogen and oxygen atoms in total. The third-order valence-electron chi connectivity index (χ3n) is 5.64. The minimum absolute atomic E-state index is 0.0694. The van der Waals surface area contributed by atoms with Crippen molar-refractivity contribution >= 4 is 22.7 Å². The lowest BCUT2D eigenvalue weighted by Gasteiger charge is -2.41. The number of carbonyl (C=O) groups excluding carboxylic acids is 2. The number of hydrogen-bond acceptors (Lipinski definition) is 4. The van der Waals surface area contributed by atoms with Gasteiger partial charge in [-0.3, -0.25) is 14.7 Å². The second kappa shape index (κ2) is 6.72. The van der Waals surface area contributed by atoms with Crippen LogP contribution >= 0.6 is 0 Å². The van der Waals surface area contributed by atoms with E-state index in [0.717, 1.165) is 36.8 Å². The number of benzene rings is 1. The minimum Gasteiger partial charge on any atom is -0.339 e. The maximum Gasteiger partial charge on any atom is 0.275 e. The molecule has 0 radical (unpaired) electrons. The van der Waals surface area contributed by atoms with Gasteiger partial charge in [0.15, 0.2) is 5.69 Å². The first-order valence-electron chi connectivity index (χ1n) is 9.31. The molecule has 26 heavy (non-hydrogen) atoms. The quantitative estimate of drug-likeness (QED) is 0.849. The van der Waals surface area contributed by atoms with Crippen LogP contribution in [0, 0.1) is 5.41 Å². The number of hydrogen-bond donors (Lipinski definition) is 2. The van der Waals surface area contributed by atoms with Gasteiger partial charge in [0.1, 0.15) is 0 Å². The number of aromatic amines is 1. The van der Waals surface area contributed by atoms with Gasteiger partial charge >= 0.3 is 0 Å². The number of nitrogens with zero attached hydrogens (tertiary/aromatic N) is 3. The number of rotatable bonds is 2. The van der Waals surface area contributed by atoms with Crippen LogP contribution in [-0.4, -0.2) is 71.1 Å². The van der Waals surface area contributed by atoms with E-state index < -0.39 is 0 Å². The van der Waals surface area contributed by atoms with Gasteiger partial charge in [-0.2, -0.15) is 5.10 Å². The average molecular weight is 355 g/mol. The Morgan fingerprint density at radius 3 is 2.58 bits per heavy atom. The third-order valence-corrected chi connectivity index (χ3v) is 5.64. The highest BCUT2D eigenvalue weighted by Crippen LogP contribution is 2.28. The largest absolute Gasteiger partial charge is 0.339 e. The molecule has 2 aliphatic rings. The molecule has 2 N–H and O–H groups in total. The van der Waals surface area contributed by atoms with E-state index in [1.165, 1.54) is 0 Å². The fourth-order valence-electron chi connectivity index (χ4n) is 4.01. The summed E-state index contributed by atoms with van der Waals surface area (Å²) in [6.07, 6.45) is 1.96. The molecule has 1 unspecified atom stereocenters. The zero-order valence-electron chi connectivity index (χ0n) is 15.1. The molecule has 138 valence electrons. The summed E-state index contributed by atoms with van der Waals surface area (Å²) in [6, 6.07) is 7.64. The second-order valence-corrected chi connectivity index (χ2v) is 7.54. The molecule has 2 amide bonds. The first-order chi connectivity index (χ1) is 12.6. The van der Waals surface area contributed by atoms with Crippen molar-refractivity contribution < 1.29 is 9.59 Å². The number of carbonyl (C=O) groups is 2. The van der Waals surface area contributed by atoms with Crippen molar-refractivity contribution in [2.45, 2.75) is 19.8 Å². The lowest BCUT2D eigenvalue weighted by atomic mass is 9.81. The van der Waals surface area contributed by atoms with Gasteiger partial charge in [-0.25, -0.2) is 0 Å². The van der Waals surface area contributed by atoms with E-state index in [4.69, 9.17) is 0 Å². The SMILES string of the molecule is CC1(C(=O)N2CCN(C(=O)c3n[nH]c4ccccc34)CC2)CCCNC1. The highest BCUT2D eigenvalue weighted by Gasteiger charge is 2.39. The standard InChI is InChI=1S/C19H25N5O2/c1-19(7-4-8-20-13-19)18(26)24-11-9-23(10-12-24)17(25)16-14-5-2-3-6-15(14)21-22-16/h2-3,5-6,20H,4,7-13H2,1H3,(H,21,22). The molecule has 1 aromatic carbocycles. The maximum absolute atomic E-state index is 12.9.